The summed E-state index contributed by atoms with van der Waals surface area (Å²) >= 11 is 0. The van der Waals surface area contributed by atoms with Crippen LogP contribution in [-0.4, -0.2) is 34.7 Å². The average molecular weight is 408 g/mol. The molecule has 0 radical (unpaired) electrons. The van der Waals surface area contributed by atoms with Gasteiger partial charge in [0.05, 0.1) is 11.4 Å². The van der Waals surface area contributed by atoms with Crippen molar-refractivity contribution in [1.29, 1.82) is 0 Å². The second kappa shape index (κ2) is 7.98. The number of amides is 2. The molecule has 1 aromatic heterocycles. The highest BCUT2D eigenvalue weighted by Crippen LogP contribution is 2.31. The monoisotopic (exact) mass is 408 g/mol. The summed E-state index contributed by atoms with van der Waals surface area (Å²) in [6.45, 7) is 3.84. The van der Waals surface area contributed by atoms with Gasteiger partial charge in [0.25, 0.3) is 5.91 Å². The molecular formula is C22H21FN4O3. The fraction of sp³-hybridized carbons (Fsp3) is 0.227. The maximum absolute atomic E-state index is 14.6. The lowest BCUT2D eigenvalue weighted by molar-refractivity contribution is -0.121. The summed E-state index contributed by atoms with van der Waals surface area (Å²) in [7, 11) is 0. The van der Waals surface area contributed by atoms with Crippen LogP contribution in [0, 0.1) is 19.7 Å². The third kappa shape index (κ3) is 3.89. The van der Waals surface area contributed by atoms with Gasteiger partial charge in [-0.1, -0.05) is 12.1 Å². The van der Waals surface area contributed by atoms with E-state index in [0.29, 0.717) is 22.8 Å². The molecule has 0 unspecified atom stereocenters. The third-order valence-electron chi connectivity index (χ3n) is 4.84. The molecule has 0 saturated heterocycles. The van der Waals surface area contributed by atoms with Crippen molar-refractivity contribution >= 4 is 23.2 Å². The number of aromatic nitrogens is 2. The second-order valence-corrected chi connectivity index (χ2v) is 7.11. The number of hydrogen-bond acceptors (Lipinski definition) is 4. The molecule has 0 spiro atoms. The summed E-state index contributed by atoms with van der Waals surface area (Å²) < 4.78 is 21.5. The van der Waals surface area contributed by atoms with E-state index in [4.69, 9.17) is 4.74 Å². The molecule has 1 N–H and O–H groups in total. The molecule has 0 atom stereocenters. The zero-order valence-corrected chi connectivity index (χ0v) is 16.7. The Balaban J connectivity index is 1.42. The van der Waals surface area contributed by atoms with Gasteiger partial charge in [0, 0.05) is 24.3 Å². The number of rotatable bonds is 5. The zero-order chi connectivity index (χ0) is 21.3. The van der Waals surface area contributed by atoms with E-state index in [2.05, 4.69) is 10.4 Å². The molecule has 2 amide bonds. The summed E-state index contributed by atoms with van der Waals surface area (Å²) in [6, 6.07) is 13.5. The number of fused-ring (bicyclic) bond motifs is 1. The lowest BCUT2D eigenvalue weighted by Crippen LogP contribution is -2.40. The molecule has 1 aliphatic rings. The summed E-state index contributed by atoms with van der Waals surface area (Å²) in [5, 5.41) is 6.96. The van der Waals surface area contributed by atoms with Crippen molar-refractivity contribution in [2.75, 3.05) is 23.4 Å². The minimum absolute atomic E-state index is 0.0579. The Hall–Kier alpha value is -3.68. The first-order valence-corrected chi connectivity index (χ1v) is 9.57. The van der Waals surface area contributed by atoms with Gasteiger partial charge in [-0.2, -0.15) is 5.10 Å². The molecule has 4 rings (SSSR count). The summed E-state index contributed by atoms with van der Waals surface area (Å²) in [4.78, 5) is 26.1. The molecule has 30 heavy (non-hydrogen) atoms. The van der Waals surface area contributed by atoms with Crippen molar-refractivity contribution in [3.05, 3.63) is 65.7 Å². The summed E-state index contributed by atoms with van der Waals surface area (Å²) in [5.41, 5.74) is 2.91. The Morgan fingerprint density at radius 2 is 1.97 bits per heavy atom. The molecule has 0 saturated carbocycles. The van der Waals surface area contributed by atoms with Gasteiger partial charge in [-0.25, -0.2) is 9.07 Å². The molecule has 154 valence electrons. The van der Waals surface area contributed by atoms with Gasteiger partial charge in [0.2, 0.25) is 5.91 Å². The molecule has 0 bridgehead atoms. The number of anilines is 2. The smallest absolute Gasteiger partial charge is 0.265 e. The molecule has 8 heteroatoms. The van der Waals surface area contributed by atoms with Gasteiger partial charge in [-0.3, -0.25) is 9.59 Å². The molecule has 0 aliphatic carbocycles. The number of benzene rings is 2. The lowest BCUT2D eigenvalue weighted by atomic mass is 10.2. The first-order chi connectivity index (χ1) is 14.4. The molecule has 1 aliphatic heterocycles. The van der Waals surface area contributed by atoms with Crippen LogP contribution < -0.4 is 15.0 Å². The summed E-state index contributed by atoms with van der Waals surface area (Å²) in [6.07, 6.45) is 0.0703. The van der Waals surface area contributed by atoms with E-state index in [-0.39, 0.29) is 31.4 Å². The largest absolute Gasteiger partial charge is 0.482 e. The zero-order valence-electron chi connectivity index (χ0n) is 16.7. The van der Waals surface area contributed by atoms with Crippen LogP contribution in [0.2, 0.25) is 0 Å². The molecule has 2 heterocycles. The van der Waals surface area contributed by atoms with Gasteiger partial charge in [0.15, 0.2) is 12.4 Å². The van der Waals surface area contributed by atoms with E-state index >= 15 is 0 Å². The number of nitrogens with zero attached hydrogens (tertiary/aromatic N) is 3. The van der Waals surface area contributed by atoms with Crippen LogP contribution in [0.3, 0.4) is 0 Å². The van der Waals surface area contributed by atoms with E-state index in [1.54, 1.807) is 30.3 Å². The van der Waals surface area contributed by atoms with E-state index in [1.807, 2.05) is 26.0 Å². The number of hydrogen-bond donors (Lipinski definition) is 1. The first-order valence-electron chi connectivity index (χ1n) is 9.57. The molecule has 7 nitrogen and oxygen atoms in total. The fourth-order valence-corrected chi connectivity index (χ4v) is 3.47. The predicted molar refractivity (Wildman–Crippen MR) is 111 cm³/mol. The van der Waals surface area contributed by atoms with E-state index in [9.17, 15) is 14.0 Å². The van der Waals surface area contributed by atoms with Crippen molar-refractivity contribution in [2.24, 2.45) is 0 Å². The Morgan fingerprint density at radius 1 is 1.17 bits per heavy atom. The predicted octanol–water partition coefficient (Wildman–Crippen LogP) is 3.38. The number of carbonyl (C=O) groups excluding carboxylic acids is 2. The van der Waals surface area contributed by atoms with E-state index in [1.165, 1.54) is 15.6 Å². The van der Waals surface area contributed by atoms with Crippen LogP contribution in [-0.2, 0) is 9.59 Å². The Morgan fingerprint density at radius 3 is 2.70 bits per heavy atom. The molecular weight excluding hydrogens is 387 g/mol. The molecule has 0 fully saturated rings. The number of para-hydroxylation sites is 2. The van der Waals surface area contributed by atoms with E-state index in [0.717, 1.165) is 11.4 Å². The first kappa shape index (κ1) is 19.6. The van der Waals surface area contributed by atoms with Gasteiger partial charge in [-0.15, -0.1) is 0 Å². The Bertz CT molecular complexity index is 1130. The topological polar surface area (TPSA) is 76.5 Å². The lowest BCUT2D eigenvalue weighted by Gasteiger charge is -2.29. The van der Waals surface area contributed by atoms with Gasteiger partial charge < -0.3 is 15.0 Å². The SMILES string of the molecule is Cc1cc(C)n(-c2ccc(NC(=O)CCN3C(=O)COc4ccccc43)cc2F)n1. The van der Waals surface area contributed by atoms with Crippen LogP contribution in [0.4, 0.5) is 15.8 Å². The molecule has 3 aromatic rings. The van der Waals surface area contributed by atoms with Crippen LogP contribution in [0.1, 0.15) is 17.8 Å². The standard InChI is InChI=1S/C22H21FN4O3/c1-14-11-15(2)27(25-14)18-8-7-16(12-17(18)23)24-21(28)9-10-26-19-5-3-4-6-20(19)30-13-22(26)29/h3-8,11-12H,9-10,13H2,1-2H3,(H,24,28). The number of ether oxygens (including phenoxy) is 1. The number of aryl methyl sites for hydroxylation is 2. The number of nitrogens with one attached hydrogen (secondary N) is 1. The number of halogens is 1. The quantitative estimate of drug-likeness (QED) is 0.702. The van der Waals surface area contributed by atoms with Crippen molar-refractivity contribution in [2.45, 2.75) is 20.3 Å². The van der Waals surface area contributed by atoms with Crippen LogP contribution in [0.5, 0.6) is 5.75 Å². The highest BCUT2D eigenvalue weighted by atomic mass is 19.1. The Kier molecular flexibility index (Phi) is 5.22. The van der Waals surface area contributed by atoms with Crippen molar-refractivity contribution in [1.82, 2.24) is 9.78 Å². The average Bonchev–Trinajstić information content (AvgIpc) is 3.05. The maximum Gasteiger partial charge on any atom is 0.265 e. The van der Waals surface area contributed by atoms with Crippen LogP contribution in [0.25, 0.3) is 5.69 Å². The maximum atomic E-state index is 14.6. The van der Waals surface area contributed by atoms with Gasteiger partial charge in [-0.05, 0) is 50.2 Å². The third-order valence-corrected chi connectivity index (χ3v) is 4.84. The fourth-order valence-electron chi connectivity index (χ4n) is 3.47. The minimum Gasteiger partial charge on any atom is -0.482 e. The molecule has 2 aromatic carbocycles. The van der Waals surface area contributed by atoms with Crippen molar-refractivity contribution in [3.63, 3.8) is 0 Å². The van der Waals surface area contributed by atoms with Crippen molar-refractivity contribution in [3.8, 4) is 11.4 Å². The minimum atomic E-state index is -0.490. The van der Waals surface area contributed by atoms with Crippen molar-refractivity contribution < 1.29 is 18.7 Å². The Labute approximate surface area is 173 Å². The van der Waals surface area contributed by atoms with Gasteiger partial charge in [0.1, 0.15) is 11.4 Å². The second-order valence-electron chi connectivity index (χ2n) is 7.11. The van der Waals surface area contributed by atoms with Gasteiger partial charge >= 0.3 is 0 Å². The highest BCUT2D eigenvalue weighted by Gasteiger charge is 2.25. The summed E-state index contributed by atoms with van der Waals surface area (Å²) in [5.74, 6) is -0.401. The van der Waals surface area contributed by atoms with Crippen LogP contribution in [0.15, 0.2) is 48.5 Å². The normalized spacial score (nSPS) is 13.0. The highest BCUT2D eigenvalue weighted by molar-refractivity contribution is 5.99. The number of carbonyl (C=O) groups is 2. The van der Waals surface area contributed by atoms with E-state index < -0.39 is 5.82 Å². The van der Waals surface area contributed by atoms with Crippen LogP contribution >= 0.6 is 0 Å².